The molecular weight excluding hydrogens is 283 g/mol. The van der Waals surface area contributed by atoms with Gasteiger partial charge in [0.25, 0.3) is 0 Å². The molecule has 3 nitrogen and oxygen atoms in total. The molecule has 0 aromatic heterocycles. The predicted molar refractivity (Wildman–Crippen MR) is 80.7 cm³/mol. The Morgan fingerprint density at radius 3 is 2.55 bits per heavy atom. The zero-order chi connectivity index (χ0) is 15.7. The van der Waals surface area contributed by atoms with Crippen LogP contribution in [0.25, 0.3) is 0 Å². The van der Waals surface area contributed by atoms with Crippen molar-refractivity contribution in [3.05, 3.63) is 0 Å². The van der Waals surface area contributed by atoms with Crippen LogP contribution >= 0.6 is 0 Å². The highest BCUT2D eigenvalue weighted by atomic mass is 19.1. The Labute approximate surface area is 132 Å². The van der Waals surface area contributed by atoms with Crippen LogP contribution in [0.1, 0.15) is 52.4 Å². The van der Waals surface area contributed by atoms with E-state index >= 15 is 0 Å². The third kappa shape index (κ3) is 1.90. The lowest BCUT2D eigenvalue weighted by molar-refractivity contribution is -0.228. The quantitative estimate of drug-likeness (QED) is 0.723. The second kappa shape index (κ2) is 4.90. The van der Waals surface area contributed by atoms with Crippen LogP contribution in [0.2, 0.25) is 0 Å². The maximum atomic E-state index is 14.2. The summed E-state index contributed by atoms with van der Waals surface area (Å²) in [5.41, 5.74) is -0.123. The highest BCUT2D eigenvalue weighted by Gasteiger charge is 2.62. The zero-order valence-electron chi connectivity index (χ0n) is 13.7. The van der Waals surface area contributed by atoms with Crippen LogP contribution < -0.4 is 0 Å². The van der Waals surface area contributed by atoms with Crippen molar-refractivity contribution >= 4 is 0 Å². The highest BCUT2D eigenvalue weighted by molar-refractivity contribution is 5.11. The van der Waals surface area contributed by atoms with Gasteiger partial charge in [-0.15, -0.1) is 0 Å². The first-order valence-corrected chi connectivity index (χ1v) is 8.98. The lowest BCUT2D eigenvalue weighted by Crippen LogP contribution is -2.56. The number of halogens is 1. The first kappa shape index (κ1) is 15.3. The summed E-state index contributed by atoms with van der Waals surface area (Å²) < 4.78 is 19.8. The van der Waals surface area contributed by atoms with E-state index < -0.39 is 18.6 Å². The standard InChI is InChI=1S/C18H29FO3/c1-17-6-5-12-11(13(17)8-14(19)16(17)21)4-3-10-7-15(20)22-9-18(10,12)2/h10-16,20-21H,3-9H2,1-2H3/t10?,11-,12-,13+,14?,15?,16?,17+,18+/m1/s1. The van der Waals surface area contributed by atoms with E-state index in [-0.39, 0.29) is 10.8 Å². The molecule has 0 aromatic carbocycles. The maximum absolute atomic E-state index is 14.2. The summed E-state index contributed by atoms with van der Waals surface area (Å²) in [6.07, 6.45) is 3.05. The van der Waals surface area contributed by atoms with Crippen LogP contribution in [0, 0.1) is 34.5 Å². The lowest BCUT2D eigenvalue weighted by Gasteiger charge is -2.60. The molecule has 1 heterocycles. The van der Waals surface area contributed by atoms with Crippen molar-refractivity contribution in [2.24, 2.45) is 34.5 Å². The summed E-state index contributed by atoms with van der Waals surface area (Å²) in [6.45, 7) is 5.06. The molecule has 1 aliphatic heterocycles. The van der Waals surface area contributed by atoms with Crippen molar-refractivity contribution < 1.29 is 19.3 Å². The van der Waals surface area contributed by atoms with E-state index in [0.717, 1.165) is 32.1 Å². The molecule has 0 amide bonds. The largest absolute Gasteiger partial charge is 0.390 e. The fourth-order valence-corrected chi connectivity index (χ4v) is 6.68. The first-order chi connectivity index (χ1) is 10.4. The molecule has 0 bridgehead atoms. The molecule has 0 aromatic rings. The molecule has 9 atom stereocenters. The number of aliphatic hydroxyl groups excluding tert-OH is 2. The molecule has 4 unspecified atom stereocenters. The van der Waals surface area contributed by atoms with Gasteiger partial charge in [-0.05, 0) is 66.6 Å². The number of alkyl halides is 1. The molecule has 0 spiro atoms. The van der Waals surface area contributed by atoms with Crippen molar-refractivity contribution in [2.75, 3.05) is 6.61 Å². The van der Waals surface area contributed by atoms with Gasteiger partial charge in [-0.2, -0.15) is 0 Å². The monoisotopic (exact) mass is 312 g/mol. The van der Waals surface area contributed by atoms with E-state index in [1.807, 2.05) is 0 Å². The van der Waals surface area contributed by atoms with Crippen molar-refractivity contribution in [2.45, 2.75) is 70.9 Å². The Bertz CT molecular complexity index is 458. The van der Waals surface area contributed by atoms with Crippen LogP contribution in [0.4, 0.5) is 4.39 Å². The molecule has 4 aliphatic rings. The van der Waals surface area contributed by atoms with Gasteiger partial charge in [-0.25, -0.2) is 4.39 Å². The molecule has 4 rings (SSSR count). The summed E-state index contributed by atoms with van der Waals surface area (Å²) in [7, 11) is 0. The topological polar surface area (TPSA) is 49.7 Å². The summed E-state index contributed by atoms with van der Waals surface area (Å²) in [5.74, 6) is 1.89. The third-order valence-electron chi connectivity index (χ3n) is 8.07. The molecule has 1 saturated heterocycles. The maximum Gasteiger partial charge on any atom is 0.154 e. The Morgan fingerprint density at radius 2 is 1.77 bits per heavy atom. The fraction of sp³-hybridized carbons (Fsp3) is 1.00. The van der Waals surface area contributed by atoms with Gasteiger partial charge in [0, 0.05) is 6.42 Å². The molecule has 3 aliphatic carbocycles. The van der Waals surface area contributed by atoms with Gasteiger partial charge >= 0.3 is 0 Å². The molecule has 2 N–H and O–H groups in total. The Morgan fingerprint density at radius 1 is 1.00 bits per heavy atom. The number of ether oxygens (including phenoxy) is 1. The van der Waals surface area contributed by atoms with Gasteiger partial charge in [0.15, 0.2) is 6.29 Å². The third-order valence-corrected chi connectivity index (χ3v) is 8.07. The second-order valence-corrected chi connectivity index (χ2v) is 8.90. The van der Waals surface area contributed by atoms with E-state index in [2.05, 4.69) is 13.8 Å². The molecule has 126 valence electrons. The Kier molecular flexibility index (Phi) is 3.42. The minimum Gasteiger partial charge on any atom is -0.390 e. The van der Waals surface area contributed by atoms with Crippen molar-refractivity contribution in [3.63, 3.8) is 0 Å². The molecule has 22 heavy (non-hydrogen) atoms. The van der Waals surface area contributed by atoms with Crippen LogP contribution in [0.5, 0.6) is 0 Å². The Balaban J connectivity index is 1.63. The second-order valence-electron chi connectivity index (χ2n) is 8.90. The highest BCUT2D eigenvalue weighted by Crippen LogP contribution is 2.65. The SMILES string of the molecule is C[C@]12COC(O)CC1CC[C@@H]1[C@H]2CC[C@]2(C)C(O)C(F)C[C@@H]12. The van der Waals surface area contributed by atoms with Crippen LogP contribution in [-0.2, 0) is 4.74 Å². The number of rotatable bonds is 0. The van der Waals surface area contributed by atoms with Gasteiger partial charge in [0.1, 0.15) is 6.17 Å². The van der Waals surface area contributed by atoms with E-state index in [9.17, 15) is 14.6 Å². The van der Waals surface area contributed by atoms with Gasteiger partial charge < -0.3 is 14.9 Å². The predicted octanol–water partition coefficient (Wildman–Crippen LogP) is 2.89. The Hall–Kier alpha value is -0.190. The van der Waals surface area contributed by atoms with Gasteiger partial charge in [0.2, 0.25) is 0 Å². The fourth-order valence-electron chi connectivity index (χ4n) is 6.68. The summed E-state index contributed by atoms with van der Waals surface area (Å²) >= 11 is 0. The lowest BCUT2D eigenvalue weighted by atomic mass is 9.47. The number of fused-ring (bicyclic) bond motifs is 5. The van der Waals surface area contributed by atoms with Crippen LogP contribution in [0.15, 0.2) is 0 Å². The molecule has 4 fully saturated rings. The zero-order valence-corrected chi connectivity index (χ0v) is 13.7. The van der Waals surface area contributed by atoms with E-state index in [0.29, 0.717) is 36.7 Å². The number of hydrogen-bond acceptors (Lipinski definition) is 3. The van der Waals surface area contributed by atoms with Gasteiger partial charge in [-0.3, -0.25) is 0 Å². The average molecular weight is 312 g/mol. The normalized spacial score (nSPS) is 61.2. The first-order valence-electron chi connectivity index (χ1n) is 8.98. The van der Waals surface area contributed by atoms with E-state index in [1.165, 1.54) is 0 Å². The molecule has 0 radical (unpaired) electrons. The van der Waals surface area contributed by atoms with Gasteiger partial charge in [-0.1, -0.05) is 13.8 Å². The summed E-state index contributed by atoms with van der Waals surface area (Å²) in [5, 5.41) is 20.2. The number of hydrogen-bond donors (Lipinski definition) is 2. The number of aliphatic hydroxyl groups is 2. The molecule has 3 saturated carbocycles. The minimum atomic E-state index is -1.05. The summed E-state index contributed by atoms with van der Waals surface area (Å²) in [4.78, 5) is 0. The minimum absolute atomic E-state index is 0.114. The van der Waals surface area contributed by atoms with Gasteiger partial charge in [0.05, 0.1) is 12.7 Å². The van der Waals surface area contributed by atoms with Crippen molar-refractivity contribution in [1.29, 1.82) is 0 Å². The molecular formula is C18H29FO3. The van der Waals surface area contributed by atoms with Crippen molar-refractivity contribution in [3.8, 4) is 0 Å². The van der Waals surface area contributed by atoms with E-state index in [4.69, 9.17) is 4.74 Å². The van der Waals surface area contributed by atoms with Crippen LogP contribution in [-0.4, -0.2) is 35.4 Å². The summed E-state index contributed by atoms with van der Waals surface area (Å²) in [6, 6.07) is 0. The average Bonchev–Trinajstić information content (AvgIpc) is 2.72. The smallest absolute Gasteiger partial charge is 0.154 e. The van der Waals surface area contributed by atoms with Crippen LogP contribution in [0.3, 0.4) is 0 Å². The van der Waals surface area contributed by atoms with Crippen molar-refractivity contribution in [1.82, 2.24) is 0 Å². The van der Waals surface area contributed by atoms with E-state index in [1.54, 1.807) is 0 Å². The molecule has 4 heteroatoms.